The molecule has 116 valence electrons. The Labute approximate surface area is 128 Å². The zero-order valence-corrected chi connectivity index (χ0v) is 13.2. The summed E-state index contributed by atoms with van der Waals surface area (Å²) in [5, 5.41) is 3.04. The Kier molecular flexibility index (Phi) is 6.74. The lowest BCUT2D eigenvalue weighted by Crippen LogP contribution is -2.35. The van der Waals surface area contributed by atoms with Gasteiger partial charge in [-0.2, -0.15) is 0 Å². The number of likely N-dealkylation sites (tertiary alicyclic amines) is 1. The number of hydrogen-bond donors (Lipinski definition) is 1. The van der Waals surface area contributed by atoms with Crippen molar-refractivity contribution in [3.05, 3.63) is 35.9 Å². The summed E-state index contributed by atoms with van der Waals surface area (Å²) in [6.45, 7) is 6.71. The van der Waals surface area contributed by atoms with Crippen LogP contribution in [0.2, 0.25) is 0 Å². The van der Waals surface area contributed by atoms with Gasteiger partial charge in [0.25, 0.3) is 0 Å². The molecule has 1 saturated heterocycles. The number of hydrogen-bond acceptors (Lipinski definition) is 2. The van der Waals surface area contributed by atoms with Crippen LogP contribution < -0.4 is 5.32 Å². The molecule has 1 aliphatic rings. The summed E-state index contributed by atoms with van der Waals surface area (Å²) in [4.78, 5) is 14.3. The van der Waals surface area contributed by atoms with Crippen LogP contribution in [0.5, 0.6) is 0 Å². The average Bonchev–Trinajstić information content (AvgIpc) is 2.52. The fourth-order valence-electron chi connectivity index (χ4n) is 2.81. The minimum Gasteiger partial charge on any atom is -0.356 e. The summed E-state index contributed by atoms with van der Waals surface area (Å²) in [7, 11) is 0. The number of carbonyl (C=O) groups is 1. The first kappa shape index (κ1) is 16.0. The van der Waals surface area contributed by atoms with Crippen molar-refractivity contribution < 1.29 is 4.79 Å². The molecular formula is C18H28N2O. The molecule has 0 unspecified atom stereocenters. The summed E-state index contributed by atoms with van der Waals surface area (Å²) < 4.78 is 0. The molecule has 21 heavy (non-hydrogen) atoms. The van der Waals surface area contributed by atoms with Crippen LogP contribution in [0.3, 0.4) is 0 Å². The SMILES string of the molecule is CC1CCN(CCCNC(=O)CCc2ccccc2)CC1. The highest BCUT2D eigenvalue weighted by molar-refractivity contribution is 5.76. The maximum Gasteiger partial charge on any atom is 0.220 e. The average molecular weight is 288 g/mol. The lowest BCUT2D eigenvalue weighted by atomic mass is 9.99. The Balaban J connectivity index is 1.51. The topological polar surface area (TPSA) is 32.3 Å². The summed E-state index contributed by atoms with van der Waals surface area (Å²) in [6.07, 6.45) is 5.13. The van der Waals surface area contributed by atoms with Gasteiger partial charge >= 0.3 is 0 Å². The molecule has 0 aliphatic carbocycles. The van der Waals surface area contributed by atoms with E-state index in [4.69, 9.17) is 0 Å². The lowest BCUT2D eigenvalue weighted by Gasteiger charge is -2.30. The molecule has 2 rings (SSSR count). The maximum absolute atomic E-state index is 11.8. The highest BCUT2D eigenvalue weighted by Gasteiger charge is 2.14. The largest absolute Gasteiger partial charge is 0.356 e. The van der Waals surface area contributed by atoms with E-state index in [1.807, 2.05) is 18.2 Å². The molecule has 1 aliphatic heterocycles. The zero-order chi connectivity index (χ0) is 14.9. The van der Waals surface area contributed by atoms with Gasteiger partial charge in [0.2, 0.25) is 5.91 Å². The molecule has 0 bridgehead atoms. The lowest BCUT2D eigenvalue weighted by molar-refractivity contribution is -0.121. The van der Waals surface area contributed by atoms with E-state index in [1.165, 1.54) is 31.5 Å². The monoisotopic (exact) mass is 288 g/mol. The summed E-state index contributed by atoms with van der Waals surface area (Å²) in [5.74, 6) is 1.06. The summed E-state index contributed by atoms with van der Waals surface area (Å²) in [5.41, 5.74) is 1.23. The molecule has 3 heteroatoms. The third-order valence-corrected chi connectivity index (χ3v) is 4.33. The van der Waals surface area contributed by atoms with Gasteiger partial charge in [-0.15, -0.1) is 0 Å². The molecule has 0 spiro atoms. The first-order valence-electron chi connectivity index (χ1n) is 8.27. The quantitative estimate of drug-likeness (QED) is 0.783. The molecule has 1 N–H and O–H groups in total. The second-order valence-electron chi connectivity index (χ2n) is 6.21. The van der Waals surface area contributed by atoms with E-state index in [0.29, 0.717) is 6.42 Å². The Morgan fingerprint density at radius 2 is 1.95 bits per heavy atom. The maximum atomic E-state index is 11.8. The van der Waals surface area contributed by atoms with E-state index in [2.05, 4.69) is 29.3 Å². The zero-order valence-electron chi connectivity index (χ0n) is 13.2. The Hall–Kier alpha value is -1.35. The third-order valence-electron chi connectivity index (χ3n) is 4.33. The van der Waals surface area contributed by atoms with Gasteiger partial charge in [0, 0.05) is 13.0 Å². The smallest absolute Gasteiger partial charge is 0.220 e. The van der Waals surface area contributed by atoms with Crippen LogP contribution in [0.25, 0.3) is 0 Å². The van der Waals surface area contributed by atoms with Crippen molar-refractivity contribution in [2.75, 3.05) is 26.2 Å². The molecule has 1 fully saturated rings. The number of rotatable bonds is 7. The second-order valence-corrected chi connectivity index (χ2v) is 6.21. The van der Waals surface area contributed by atoms with E-state index >= 15 is 0 Å². The third kappa shape index (κ3) is 6.30. The van der Waals surface area contributed by atoms with E-state index in [9.17, 15) is 4.79 Å². The van der Waals surface area contributed by atoms with Crippen LogP contribution in [0, 0.1) is 5.92 Å². The van der Waals surface area contributed by atoms with Gasteiger partial charge in [0.05, 0.1) is 0 Å². The fourth-order valence-corrected chi connectivity index (χ4v) is 2.81. The number of nitrogens with zero attached hydrogens (tertiary/aromatic N) is 1. The van der Waals surface area contributed by atoms with Gasteiger partial charge in [0.15, 0.2) is 0 Å². The van der Waals surface area contributed by atoms with Crippen LogP contribution in [-0.2, 0) is 11.2 Å². The molecule has 1 aromatic carbocycles. The van der Waals surface area contributed by atoms with Crippen molar-refractivity contribution in [2.45, 2.75) is 39.0 Å². The second kappa shape index (κ2) is 8.83. The molecule has 0 radical (unpaired) electrons. The highest BCUT2D eigenvalue weighted by Crippen LogP contribution is 2.15. The molecule has 0 atom stereocenters. The first-order valence-corrected chi connectivity index (χ1v) is 8.27. The van der Waals surface area contributed by atoms with Gasteiger partial charge in [-0.25, -0.2) is 0 Å². The van der Waals surface area contributed by atoms with Crippen LogP contribution in [0.4, 0.5) is 0 Å². The van der Waals surface area contributed by atoms with Crippen molar-refractivity contribution in [3.63, 3.8) is 0 Å². The van der Waals surface area contributed by atoms with E-state index in [0.717, 1.165) is 31.8 Å². The Bertz CT molecular complexity index is 410. The van der Waals surface area contributed by atoms with Gasteiger partial charge in [-0.05, 0) is 56.8 Å². The summed E-state index contributed by atoms with van der Waals surface area (Å²) >= 11 is 0. The van der Waals surface area contributed by atoms with Crippen molar-refractivity contribution in [1.82, 2.24) is 10.2 Å². The fraction of sp³-hybridized carbons (Fsp3) is 0.611. The van der Waals surface area contributed by atoms with Crippen LogP contribution in [-0.4, -0.2) is 37.0 Å². The number of benzene rings is 1. The number of carbonyl (C=O) groups excluding carboxylic acids is 1. The predicted octanol–water partition coefficient (Wildman–Crippen LogP) is 2.86. The normalized spacial score (nSPS) is 16.8. The highest BCUT2D eigenvalue weighted by atomic mass is 16.1. The first-order chi connectivity index (χ1) is 10.2. The van der Waals surface area contributed by atoms with Gasteiger partial charge in [-0.3, -0.25) is 4.79 Å². The Morgan fingerprint density at radius 3 is 2.67 bits per heavy atom. The number of amides is 1. The van der Waals surface area contributed by atoms with Crippen molar-refractivity contribution >= 4 is 5.91 Å². The van der Waals surface area contributed by atoms with Gasteiger partial charge in [-0.1, -0.05) is 37.3 Å². The minimum absolute atomic E-state index is 0.172. The summed E-state index contributed by atoms with van der Waals surface area (Å²) in [6, 6.07) is 10.2. The molecular weight excluding hydrogens is 260 g/mol. The van der Waals surface area contributed by atoms with Crippen LogP contribution >= 0.6 is 0 Å². The van der Waals surface area contributed by atoms with Gasteiger partial charge in [0.1, 0.15) is 0 Å². The van der Waals surface area contributed by atoms with Crippen LogP contribution in [0.1, 0.15) is 38.2 Å². The molecule has 3 nitrogen and oxygen atoms in total. The van der Waals surface area contributed by atoms with Gasteiger partial charge < -0.3 is 10.2 Å². The van der Waals surface area contributed by atoms with E-state index in [-0.39, 0.29) is 5.91 Å². The van der Waals surface area contributed by atoms with Crippen molar-refractivity contribution in [1.29, 1.82) is 0 Å². The number of nitrogens with one attached hydrogen (secondary N) is 1. The predicted molar refractivity (Wildman–Crippen MR) is 87.2 cm³/mol. The number of piperidine rings is 1. The Morgan fingerprint density at radius 1 is 1.24 bits per heavy atom. The molecule has 1 aromatic rings. The molecule has 1 heterocycles. The minimum atomic E-state index is 0.172. The van der Waals surface area contributed by atoms with Crippen LogP contribution in [0.15, 0.2) is 30.3 Å². The van der Waals surface area contributed by atoms with Crippen molar-refractivity contribution in [3.8, 4) is 0 Å². The number of aryl methyl sites for hydroxylation is 1. The standard InChI is InChI=1S/C18H28N2O/c1-16-10-14-20(15-11-16)13-5-12-19-18(21)9-8-17-6-3-2-4-7-17/h2-4,6-7,16H,5,8-15H2,1H3,(H,19,21). The molecule has 0 aromatic heterocycles. The van der Waals surface area contributed by atoms with E-state index < -0.39 is 0 Å². The van der Waals surface area contributed by atoms with Crippen molar-refractivity contribution in [2.24, 2.45) is 5.92 Å². The molecule has 0 saturated carbocycles. The molecule has 1 amide bonds. The van der Waals surface area contributed by atoms with E-state index in [1.54, 1.807) is 0 Å².